The highest BCUT2D eigenvalue weighted by Gasteiger charge is 2.26. The number of sulfonamides is 1. The molecule has 0 bridgehead atoms. The standard InChI is InChI=1S/C19H27N5O2S/c1-14-13-20-19(22-18(14)24(2)3)21-15-9-11-16(12-10-15)23-27(25,26)17-7-5-4-6-8-17/h4-8,13,15-16,23H,9-12H2,1-3H3,(H,20,21,22). The monoisotopic (exact) mass is 389 g/mol. The molecule has 1 aromatic heterocycles. The Hall–Kier alpha value is -2.19. The van der Waals surface area contributed by atoms with E-state index < -0.39 is 10.0 Å². The molecule has 1 aliphatic carbocycles. The number of anilines is 2. The average Bonchev–Trinajstić information content (AvgIpc) is 2.65. The van der Waals surface area contributed by atoms with Crippen molar-refractivity contribution in [3.63, 3.8) is 0 Å². The van der Waals surface area contributed by atoms with Gasteiger partial charge in [-0.3, -0.25) is 0 Å². The zero-order chi connectivity index (χ0) is 19.4. The fourth-order valence-corrected chi connectivity index (χ4v) is 4.71. The molecule has 1 fully saturated rings. The van der Waals surface area contributed by atoms with Crippen molar-refractivity contribution in [1.29, 1.82) is 0 Å². The fourth-order valence-electron chi connectivity index (χ4n) is 3.38. The Bertz CT molecular complexity index is 863. The Morgan fingerprint density at radius 2 is 1.67 bits per heavy atom. The minimum absolute atomic E-state index is 0.0375. The predicted octanol–water partition coefficient (Wildman–Crippen LogP) is 2.55. The maximum absolute atomic E-state index is 12.5. The molecule has 1 saturated carbocycles. The van der Waals surface area contributed by atoms with Crippen LogP contribution in [-0.2, 0) is 10.0 Å². The quantitative estimate of drug-likeness (QED) is 0.790. The van der Waals surface area contributed by atoms with Gasteiger partial charge in [0.25, 0.3) is 0 Å². The molecule has 0 aliphatic heterocycles. The highest BCUT2D eigenvalue weighted by molar-refractivity contribution is 7.89. The van der Waals surface area contributed by atoms with Crippen molar-refractivity contribution in [2.24, 2.45) is 0 Å². The first-order valence-electron chi connectivity index (χ1n) is 9.20. The SMILES string of the molecule is Cc1cnc(NC2CCC(NS(=O)(=O)c3ccccc3)CC2)nc1N(C)C. The molecule has 1 heterocycles. The topological polar surface area (TPSA) is 87.2 Å². The summed E-state index contributed by atoms with van der Waals surface area (Å²) in [5.74, 6) is 1.52. The van der Waals surface area contributed by atoms with Crippen molar-refractivity contribution in [3.8, 4) is 0 Å². The van der Waals surface area contributed by atoms with Crippen molar-refractivity contribution in [2.45, 2.75) is 49.6 Å². The second-order valence-electron chi connectivity index (χ2n) is 7.22. The molecule has 2 aromatic rings. The molecular weight excluding hydrogens is 362 g/mol. The number of hydrogen-bond donors (Lipinski definition) is 2. The van der Waals surface area contributed by atoms with Gasteiger partial charge >= 0.3 is 0 Å². The molecule has 8 heteroatoms. The van der Waals surface area contributed by atoms with Crippen LogP contribution in [0.4, 0.5) is 11.8 Å². The lowest BCUT2D eigenvalue weighted by Gasteiger charge is -2.29. The van der Waals surface area contributed by atoms with Gasteiger partial charge in [0, 0.05) is 37.9 Å². The van der Waals surface area contributed by atoms with Crippen LogP contribution in [0.1, 0.15) is 31.2 Å². The molecule has 1 aromatic carbocycles. The minimum atomic E-state index is -3.46. The number of nitrogens with zero attached hydrogens (tertiary/aromatic N) is 3. The summed E-state index contributed by atoms with van der Waals surface area (Å²) in [5.41, 5.74) is 1.03. The number of nitrogens with one attached hydrogen (secondary N) is 2. The Balaban J connectivity index is 1.56. The van der Waals surface area contributed by atoms with Crippen molar-refractivity contribution >= 4 is 21.8 Å². The predicted molar refractivity (Wildman–Crippen MR) is 108 cm³/mol. The van der Waals surface area contributed by atoms with Crippen LogP contribution in [0.25, 0.3) is 0 Å². The van der Waals surface area contributed by atoms with Gasteiger partial charge in [-0.25, -0.2) is 18.1 Å². The van der Waals surface area contributed by atoms with E-state index in [1.165, 1.54) is 0 Å². The lowest BCUT2D eigenvalue weighted by atomic mass is 9.92. The minimum Gasteiger partial charge on any atom is -0.362 e. The number of benzene rings is 1. The van der Waals surface area contributed by atoms with Crippen molar-refractivity contribution < 1.29 is 8.42 Å². The Labute approximate surface area is 161 Å². The third-order valence-corrected chi connectivity index (χ3v) is 6.34. The van der Waals surface area contributed by atoms with Gasteiger partial charge < -0.3 is 10.2 Å². The first kappa shape index (κ1) is 19.6. The summed E-state index contributed by atoms with van der Waals surface area (Å²) in [4.78, 5) is 11.2. The van der Waals surface area contributed by atoms with E-state index in [1.54, 1.807) is 24.3 Å². The Kier molecular flexibility index (Phi) is 5.96. The summed E-state index contributed by atoms with van der Waals surface area (Å²) in [6.07, 6.45) is 5.14. The molecular formula is C19H27N5O2S. The highest BCUT2D eigenvalue weighted by atomic mass is 32.2. The van der Waals surface area contributed by atoms with Gasteiger partial charge in [0.1, 0.15) is 5.82 Å². The molecule has 1 aliphatic rings. The normalized spacial score (nSPS) is 20.3. The van der Waals surface area contributed by atoms with E-state index in [0.717, 1.165) is 37.1 Å². The van der Waals surface area contributed by atoms with Crippen LogP contribution in [-0.4, -0.2) is 44.6 Å². The molecule has 0 spiro atoms. The molecule has 2 N–H and O–H groups in total. The third-order valence-electron chi connectivity index (χ3n) is 4.80. The number of hydrogen-bond acceptors (Lipinski definition) is 6. The second kappa shape index (κ2) is 8.22. The van der Waals surface area contributed by atoms with Crippen molar-refractivity contribution in [3.05, 3.63) is 42.1 Å². The van der Waals surface area contributed by atoms with Gasteiger partial charge in [-0.2, -0.15) is 4.98 Å². The van der Waals surface area contributed by atoms with E-state index in [1.807, 2.05) is 38.2 Å². The zero-order valence-electron chi connectivity index (χ0n) is 16.0. The van der Waals surface area contributed by atoms with Crippen molar-refractivity contribution in [2.75, 3.05) is 24.3 Å². The molecule has 146 valence electrons. The van der Waals surface area contributed by atoms with Gasteiger partial charge in [-0.1, -0.05) is 18.2 Å². The summed E-state index contributed by atoms with van der Waals surface area (Å²) in [7, 11) is 0.466. The zero-order valence-corrected chi connectivity index (χ0v) is 16.8. The smallest absolute Gasteiger partial charge is 0.240 e. The van der Waals surface area contributed by atoms with Gasteiger partial charge in [0.2, 0.25) is 16.0 Å². The molecule has 27 heavy (non-hydrogen) atoms. The maximum Gasteiger partial charge on any atom is 0.240 e. The van der Waals surface area contributed by atoms with E-state index in [9.17, 15) is 8.42 Å². The molecule has 0 saturated heterocycles. The maximum atomic E-state index is 12.5. The lowest BCUT2D eigenvalue weighted by Crippen LogP contribution is -2.40. The summed E-state index contributed by atoms with van der Waals surface area (Å²) in [6, 6.07) is 8.73. The van der Waals surface area contributed by atoms with E-state index in [-0.39, 0.29) is 12.1 Å². The van der Waals surface area contributed by atoms with Crippen LogP contribution in [0.3, 0.4) is 0 Å². The van der Waals surface area contributed by atoms with Crippen molar-refractivity contribution in [1.82, 2.24) is 14.7 Å². The second-order valence-corrected chi connectivity index (χ2v) is 8.94. The van der Waals surface area contributed by atoms with Gasteiger partial charge in [0.15, 0.2) is 0 Å². The molecule has 0 atom stereocenters. The Morgan fingerprint density at radius 1 is 1.04 bits per heavy atom. The Morgan fingerprint density at radius 3 is 2.30 bits per heavy atom. The molecule has 0 unspecified atom stereocenters. The number of aryl methyl sites for hydroxylation is 1. The number of aromatic nitrogens is 2. The largest absolute Gasteiger partial charge is 0.362 e. The summed E-state index contributed by atoms with van der Waals surface area (Å²) < 4.78 is 27.7. The molecule has 3 rings (SSSR count). The van der Waals surface area contributed by atoms with Gasteiger partial charge in [0.05, 0.1) is 4.90 Å². The summed E-state index contributed by atoms with van der Waals surface area (Å²) >= 11 is 0. The van der Waals surface area contributed by atoms with Gasteiger partial charge in [-0.05, 0) is 44.7 Å². The third kappa shape index (κ3) is 4.95. The lowest BCUT2D eigenvalue weighted by molar-refractivity contribution is 0.386. The molecule has 0 amide bonds. The van der Waals surface area contributed by atoms with Crippen LogP contribution in [0.2, 0.25) is 0 Å². The molecule has 0 radical (unpaired) electrons. The number of rotatable bonds is 6. The highest BCUT2D eigenvalue weighted by Crippen LogP contribution is 2.24. The van der Waals surface area contributed by atoms with E-state index in [0.29, 0.717) is 10.8 Å². The van der Waals surface area contributed by atoms with Crippen LogP contribution in [0.5, 0.6) is 0 Å². The average molecular weight is 390 g/mol. The van der Waals surface area contributed by atoms with Crippen LogP contribution < -0.4 is 14.9 Å². The van der Waals surface area contributed by atoms with E-state index >= 15 is 0 Å². The van der Waals surface area contributed by atoms with Crippen LogP contribution in [0.15, 0.2) is 41.4 Å². The fraction of sp³-hybridized carbons (Fsp3) is 0.474. The van der Waals surface area contributed by atoms with Crippen LogP contribution in [0, 0.1) is 6.92 Å². The first-order valence-corrected chi connectivity index (χ1v) is 10.7. The summed E-state index contributed by atoms with van der Waals surface area (Å²) in [5, 5.41) is 3.39. The first-order chi connectivity index (χ1) is 12.8. The van der Waals surface area contributed by atoms with Gasteiger partial charge in [-0.15, -0.1) is 0 Å². The van der Waals surface area contributed by atoms with E-state index in [4.69, 9.17) is 0 Å². The van der Waals surface area contributed by atoms with E-state index in [2.05, 4.69) is 20.0 Å². The van der Waals surface area contributed by atoms with Crippen LogP contribution >= 0.6 is 0 Å². The molecule has 7 nitrogen and oxygen atoms in total. The summed E-state index contributed by atoms with van der Waals surface area (Å²) in [6.45, 7) is 1.99.